The van der Waals surface area contributed by atoms with Gasteiger partial charge in [0.25, 0.3) is 15.9 Å². The first kappa shape index (κ1) is 21.4. The van der Waals surface area contributed by atoms with Gasteiger partial charge in [0, 0.05) is 29.5 Å². The van der Waals surface area contributed by atoms with E-state index in [1.165, 1.54) is 36.7 Å². The van der Waals surface area contributed by atoms with Gasteiger partial charge in [0.15, 0.2) is 5.65 Å². The summed E-state index contributed by atoms with van der Waals surface area (Å²) in [6.07, 6.45) is 4.55. The molecule has 3 aromatic heterocycles. The third kappa shape index (κ3) is 4.28. The van der Waals surface area contributed by atoms with Gasteiger partial charge in [-0.15, -0.1) is 0 Å². The molecule has 0 unspecified atom stereocenters. The molecule has 4 aromatic rings. The number of aryl methyl sites for hydroxylation is 1. The van der Waals surface area contributed by atoms with E-state index in [-0.39, 0.29) is 22.8 Å². The highest BCUT2D eigenvalue weighted by molar-refractivity contribution is 7.92. The van der Waals surface area contributed by atoms with Crippen LogP contribution in [0.2, 0.25) is 0 Å². The number of nitrogens with one attached hydrogen (secondary N) is 2. The van der Waals surface area contributed by atoms with E-state index in [9.17, 15) is 13.2 Å². The van der Waals surface area contributed by atoms with Gasteiger partial charge >= 0.3 is 0 Å². The Kier molecular flexibility index (Phi) is 5.57. The second-order valence-electron chi connectivity index (χ2n) is 7.37. The van der Waals surface area contributed by atoms with E-state index < -0.39 is 10.0 Å². The highest BCUT2D eigenvalue weighted by atomic mass is 32.2. The molecule has 1 aromatic carbocycles. The minimum atomic E-state index is -3.85. The Morgan fingerprint density at radius 2 is 1.78 bits per heavy atom. The molecule has 0 atom stereocenters. The molecule has 32 heavy (non-hydrogen) atoms. The fourth-order valence-corrected chi connectivity index (χ4v) is 4.08. The minimum Gasteiger partial charge on any atom is -0.322 e. The lowest BCUT2D eigenvalue weighted by Crippen LogP contribution is -2.16. The van der Waals surface area contributed by atoms with Gasteiger partial charge in [-0.2, -0.15) is 5.10 Å². The molecule has 1 amide bonds. The smallest absolute Gasteiger partial charge is 0.264 e. The summed E-state index contributed by atoms with van der Waals surface area (Å²) in [6.45, 7) is 5.78. The zero-order valence-corrected chi connectivity index (χ0v) is 18.5. The van der Waals surface area contributed by atoms with Gasteiger partial charge in [-0.25, -0.2) is 32.8 Å². The van der Waals surface area contributed by atoms with Crippen molar-refractivity contribution < 1.29 is 13.2 Å². The monoisotopic (exact) mass is 451 g/mol. The van der Waals surface area contributed by atoms with Gasteiger partial charge in [0.1, 0.15) is 0 Å². The second kappa shape index (κ2) is 8.35. The SMILES string of the molecule is Cc1nc2c(cnn2C(C)C)cc1C(=O)Nc1ccc(S(=O)(=O)Nc2ncccn2)cc1. The van der Waals surface area contributed by atoms with E-state index in [0.29, 0.717) is 16.9 Å². The minimum absolute atomic E-state index is 0.0170. The van der Waals surface area contributed by atoms with Crippen molar-refractivity contribution in [2.24, 2.45) is 0 Å². The van der Waals surface area contributed by atoms with Crippen molar-refractivity contribution in [2.75, 3.05) is 10.0 Å². The van der Waals surface area contributed by atoms with Crippen LogP contribution in [0.1, 0.15) is 35.9 Å². The van der Waals surface area contributed by atoms with Crippen LogP contribution in [0.4, 0.5) is 11.6 Å². The topological polar surface area (TPSA) is 132 Å². The highest BCUT2D eigenvalue weighted by Crippen LogP contribution is 2.21. The number of carbonyl (C=O) groups is 1. The van der Waals surface area contributed by atoms with Gasteiger partial charge in [0.05, 0.1) is 22.3 Å². The molecular formula is C21H21N7O3S. The second-order valence-corrected chi connectivity index (χ2v) is 9.06. The summed E-state index contributed by atoms with van der Waals surface area (Å²) in [5.41, 5.74) is 2.16. The molecule has 0 radical (unpaired) electrons. The number of anilines is 2. The number of hydrogen-bond acceptors (Lipinski definition) is 7. The van der Waals surface area contributed by atoms with Crippen LogP contribution in [-0.4, -0.2) is 39.1 Å². The van der Waals surface area contributed by atoms with E-state index in [0.717, 1.165) is 11.0 Å². The van der Waals surface area contributed by atoms with Crippen molar-refractivity contribution in [1.29, 1.82) is 0 Å². The number of fused-ring (bicyclic) bond motifs is 1. The number of amides is 1. The highest BCUT2D eigenvalue weighted by Gasteiger charge is 2.18. The Bertz CT molecular complexity index is 1380. The van der Waals surface area contributed by atoms with Crippen molar-refractivity contribution >= 4 is 38.6 Å². The molecule has 10 nitrogen and oxygen atoms in total. The Morgan fingerprint density at radius 1 is 1.09 bits per heavy atom. The maximum absolute atomic E-state index is 12.8. The third-order valence-corrected chi connectivity index (χ3v) is 6.05. The van der Waals surface area contributed by atoms with E-state index in [1.54, 1.807) is 29.9 Å². The molecule has 4 rings (SSSR count). The molecule has 2 N–H and O–H groups in total. The molecule has 0 spiro atoms. The number of pyridine rings is 1. The number of rotatable bonds is 6. The average Bonchev–Trinajstić information content (AvgIpc) is 3.17. The molecule has 0 aliphatic rings. The van der Waals surface area contributed by atoms with Crippen molar-refractivity contribution in [3.63, 3.8) is 0 Å². The number of nitrogens with zero attached hydrogens (tertiary/aromatic N) is 5. The molecule has 164 valence electrons. The van der Waals surface area contributed by atoms with Crippen LogP contribution in [0, 0.1) is 6.92 Å². The molecule has 3 heterocycles. The summed E-state index contributed by atoms with van der Waals surface area (Å²) < 4.78 is 29.1. The van der Waals surface area contributed by atoms with Crippen molar-refractivity contribution in [1.82, 2.24) is 24.7 Å². The Labute approximate surface area is 184 Å². The molecule has 11 heteroatoms. The maximum Gasteiger partial charge on any atom is 0.264 e. The molecule has 0 saturated heterocycles. The van der Waals surface area contributed by atoms with E-state index in [2.05, 4.69) is 30.1 Å². The quantitative estimate of drug-likeness (QED) is 0.460. The number of carbonyl (C=O) groups excluding carboxylic acids is 1. The lowest BCUT2D eigenvalue weighted by atomic mass is 10.1. The Balaban J connectivity index is 1.52. The molecule has 0 fully saturated rings. The van der Waals surface area contributed by atoms with Crippen LogP contribution in [-0.2, 0) is 10.0 Å². The van der Waals surface area contributed by atoms with Crippen LogP contribution >= 0.6 is 0 Å². The summed E-state index contributed by atoms with van der Waals surface area (Å²) in [7, 11) is -3.85. The average molecular weight is 452 g/mol. The van der Waals surface area contributed by atoms with E-state index in [1.807, 2.05) is 13.8 Å². The van der Waals surface area contributed by atoms with Gasteiger partial charge in [-0.3, -0.25) is 4.79 Å². The normalized spacial score (nSPS) is 11.6. The van der Waals surface area contributed by atoms with Crippen LogP contribution in [0.15, 0.2) is 59.9 Å². The van der Waals surface area contributed by atoms with Gasteiger partial charge < -0.3 is 5.32 Å². The van der Waals surface area contributed by atoms with Crippen LogP contribution in [0.3, 0.4) is 0 Å². The standard InChI is InChI=1S/C21H21N7O3S/c1-13(2)28-19-15(12-24-28)11-18(14(3)25-19)20(29)26-16-5-7-17(8-6-16)32(30,31)27-21-22-9-4-10-23-21/h4-13H,1-3H3,(H,26,29)(H,22,23,27). The fraction of sp³-hybridized carbons (Fsp3) is 0.190. The largest absolute Gasteiger partial charge is 0.322 e. The number of sulfonamides is 1. The molecule has 0 bridgehead atoms. The third-order valence-electron chi connectivity index (χ3n) is 4.71. The van der Waals surface area contributed by atoms with Crippen molar-refractivity contribution in [3.05, 3.63) is 66.2 Å². The number of aromatic nitrogens is 5. The summed E-state index contributed by atoms with van der Waals surface area (Å²) in [5, 5.41) is 7.88. The molecule has 0 saturated carbocycles. The first-order valence-electron chi connectivity index (χ1n) is 9.81. The van der Waals surface area contributed by atoms with Gasteiger partial charge in [-0.05, 0) is 57.2 Å². The van der Waals surface area contributed by atoms with Gasteiger partial charge in [-0.1, -0.05) is 0 Å². The van der Waals surface area contributed by atoms with Crippen LogP contribution < -0.4 is 10.0 Å². The molecule has 0 aliphatic heterocycles. The number of hydrogen-bond donors (Lipinski definition) is 2. The predicted molar refractivity (Wildman–Crippen MR) is 120 cm³/mol. The fourth-order valence-electron chi connectivity index (χ4n) is 3.12. The van der Waals surface area contributed by atoms with Crippen molar-refractivity contribution in [3.8, 4) is 0 Å². The van der Waals surface area contributed by atoms with Gasteiger partial charge in [0.2, 0.25) is 5.95 Å². The predicted octanol–water partition coefficient (Wildman–Crippen LogP) is 3.16. The Morgan fingerprint density at radius 3 is 2.44 bits per heavy atom. The zero-order chi connectivity index (χ0) is 22.9. The van der Waals surface area contributed by atoms with Crippen molar-refractivity contribution in [2.45, 2.75) is 31.7 Å². The summed E-state index contributed by atoms with van der Waals surface area (Å²) in [6, 6.07) is 9.29. The molecule has 0 aliphatic carbocycles. The first-order chi connectivity index (χ1) is 15.2. The lowest BCUT2D eigenvalue weighted by molar-refractivity contribution is 0.102. The summed E-state index contributed by atoms with van der Waals surface area (Å²) in [5.74, 6) is -0.371. The lowest BCUT2D eigenvalue weighted by Gasteiger charge is -2.11. The van der Waals surface area contributed by atoms with E-state index in [4.69, 9.17) is 0 Å². The maximum atomic E-state index is 12.8. The zero-order valence-electron chi connectivity index (χ0n) is 17.6. The Hall–Kier alpha value is -3.86. The number of benzene rings is 1. The summed E-state index contributed by atoms with van der Waals surface area (Å²) >= 11 is 0. The van der Waals surface area contributed by atoms with Crippen LogP contribution in [0.25, 0.3) is 11.0 Å². The first-order valence-corrected chi connectivity index (χ1v) is 11.3. The molecular weight excluding hydrogens is 430 g/mol. The van der Waals surface area contributed by atoms with Crippen LogP contribution in [0.5, 0.6) is 0 Å². The van der Waals surface area contributed by atoms with E-state index >= 15 is 0 Å². The summed E-state index contributed by atoms with van der Waals surface area (Å²) in [4.78, 5) is 25.1.